The third kappa shape index (κ3) is 5.57. The lowest BCUT2D eigenvalue weighted by atomic mass is 10.1. The van der Waals surface area contributed by atoms with Crippen LogP contribution in [0.4, 0.5) is 10.1 Å². The molecule has 0 atom stereocenters. The average molecular weight is 420 g/mol. The number of hydrogen-bond donors (Lipinski definition) is 1. The van der Waals surface area contributed by atoms with Crippen LogP contribution in [0.5, 0.6) is 5.75 Å². The number of aryl methyl sites for hydroxylation is 1. The fraction of sp³-hybridized carbons (Fsp3) is 0.174. The summed E-state index contributed by atoms with van der Waals surface area (Å²) in [7, 11) is 0. The maximum Gasteiger partial charge on any atom is 0.224 e. The van der Waals surface area contributed by atoms with Gasteiger partial charge in [-0.1, -0.05) is 18.2 Å². The van der Waals surface area contributed by atoms with Gasteiger partial charge in [-0.3, -0.25) is 4.79 Å². The first-order valence-electron chi connectivity index (χ1n) is 9.86. The van der Waals surface area contributed by atoms with E-state index in [-0.39, 0.29) is 18.1 Å². The molecule has 0 saturated heterocycles. The first-order valence-corrected chi connectivity index (χ1v) is 9.86. The standard InChI is InChI=1S/C23H21FN4O3/c24-21-7-2-1-6-20(21)22-10-8-18(31-22)9-11-23(29)27-17-4-3-5-19(14-17)30-13-12-28-16-25-15-26-28/h1-8,10,14-16H,9,11-13H2,(H,27,29). The van der Waals surface area contributed by atoms with E-state index in [0.29, 0.717) is 48.1 Å². The van der Waals surface area contributed by atoms with Crippen LogP contribution >= 0.6 is 0 Å². The molecule has 0 saturated carbocycles. The number of benzene rings is 2. The lowest BCUT2D eigenvalue weighted by molar-refractivity contribution is -0.116. The Kier molecular flexibility index (Phi) is 6.37. The van der Waals surface area contributed by atoms with Gasteiger partial charge in [-0.05, 0) is 36.4 Å². The van der Waals surface area contributed by atoms with Crippen LogP contribution in [-0.2, 0) is 17.8 Å². The number of amides is 1. The quantitative estimate of drug-likeness (QED) is 0.436. The van der Waals surface area contributed by atoms with Gasteiger partial charge < -0.3 is 14.5 Å². The second-order valence-electron chi connectivity index (χ2n) is 6.83. The van der Waals surface area contributed by atoms with E-state index < -0.39 is 0 Å². The van der Waals surface area contributed by atoms with Gasteiger partial charge in [0.2, 0.25) is 5.91 Å². The molecule has 4 aromatic rings. The Morgan fingerprint density at radius 1 is 1.13 bits per heavy atom. The molecule has 0 spiro atoms. The van der Waals surface area contributed by atoms with Crippen molar-refractivity contribution in [2.45, 2.75) is 19.4 Å². The number of rotatable bonds is 9. The van der Waals surface area contributed by atoms with Gasteiger partial charge in [0.15, 0.2) is 0 Å². The van der Waals surface area contributed by atoms with Gasteiger partial charge in [0.25, 0.3) is 0 Å². The summed E-state index contributed by atoms with van der Waals surface area (Å²) in [5.74, 6) is 1.23. The van der Waals surface area contributed by atoms with Crippen LogP contribution in [0, 0.1) is 5.82 Å². The van der Waals surface area contributed by atoms with Crippen molar-refractivity contribution >= 4 is 11.6 Å². The number of halogens is 1. The first kappa shape index (κ1) is 20.3. The van der Waals surface area contributed by atoms with Gasteiger partial charge >= 0.3 is 0 Å². The summed E-state index contributed by atoms with van der Waals surface area (Å²) in [6.45, 7) is 1.01. The molecule has 1 N–H and O–H groups in total. The van der Waals surface area contributed by atoms with Crippen LogP contribution < -0.4 is 10.1 Å². The number of nitrogens with one attached hydrogen (secondary N) is 1. The Morgan fingerprint density at radius 2 is 2.03 bits per heavy atom. The summed E-state index contributed by atoms with van der Waals surface area (Å²) < 4.78 is 27.0. The molecular formula is C23H21FN4O3. The molecule has 0 fully saturated rings. The number of carbonyl (C=O) groups excluding carboxylic acids is 1. The zero-order valence-electron chi connectivity index (χ0n) is 16.7. The minimum Gasteiger partial charge on any atom is -0.492 e. The van der Waals surface area contributed by atoms with Crippen molar-refractivity contribution in [1.82, 2.24) is 14.8 Å². The number of anilines is 1. The van der Waals surface area contributed by atoms with Crippen LogP contribution in [0.3, 0.4) is 0 Å². The average Bonchev–Trinajstić information content (AvgIpc) is 3.45. The highest BCUT2D eigenvalue weighted by Crippen LogP contribution is 2.25. The predicted octanol–water partition coefficient (Wildman–Crippen LogP) is 4.33. The highest BCUT2D eigenvalue weighted by molar-refractivity contribution is 5.91. The molecule has 0 aliphatic rings. The van der Waals surface area contributed by atoms with Crippen molar-refractivity contribution in [2.24, 2.45) is 0 Å². The molecule has 0 unspecified atom stereocenters. The fourth-order valence-electron chi connectivity index (χ4n) is 3.05. The normalized spacial score (nSPS) is 10.7. The Labute approximate surface area is 178 Å². The zero-order chi connectivity index (χ0) is 21.5. The maximum atomic E-state index is 13.9. The Hall–Kier alpha value is -3.94. The van der Waals surface area contributed by atoms with Crippen molar-refractivity contribution in [3.8, 4) is 17.1 Å². The fourth-order valence-corrected chi connectivity index (χ4v) is 3.05. The number of furan rings is 1. The third-order valence-electron chi connectivity index (χ3n) is 4.57. The Balaban J connectivity index is 1.27. The molecule has 4 rings (SSSR count). The number of aromatic nitrogens is 3. The van der Waals surface area contributed by atoms with E-state index in [1.807, 2.05) is 12.1 Å². The van der Waals surface area contributed by atoms with Crippen molar-refractivity contribution < 1.29 is 18.3 Å². The molecule has 8 heteroatoms. The summed E-state index contributed by atoms with van der Waals surface area (Å²) in [6, 6.07) is 17.1. The molecule has 31 heavy (non-hydrogen) atoms. The lowest BCUT2D eigenvalue weighted by Gasteiger charge is -2.09. The van der Waals surface area contributed by atoms with E-state index in [4.69, 9.17) is 9.15 Å². The number of hydrogen-bond acceptors (Lipinski definition) is 5. The second-order valence-corrected chi connectivity index (χ2v) is 6.83. The Morgan fingerprint density at radius 3 is 2.87 bits per heavy atom. The smallest absolute Gasteiger partial charge is 0.224 e. The van der Waals surface area contributed by atoms with Crippen LogP contribution in [0.25, 0.3) is 11.3 Å². The zero-order valence-corrected chi connectivity index (χ0v) is 16.7. The lowest BCUT2D eigenvalue weighted by Crippen LogP contribution is -2.12. The molecule has 0 bridgehead atoms. The van der Waals surface area contributed by atoms with Crippen molar-refractivity contribution in [1.29, 1.82) is 0 Å². The summed E-state index contributed by atoms with van der Waals surface area (Å²) in [5, 5.41) is 6.87. The van der Waals surface area contributed by atoms with Crippen LogP contribution in [-0.4, -0.2) is 27.3 Å². The van der Waals surface area contributed by atoms with E-state index in [1.54, 1.807) is 53.5 Å². The molecule has 2 aromatic heterocycles. The predicted molar refractivity (Wildman–Crippen MR) is 113 cm³/mol. The molecule has 7 nitrogen and oxygen atoms in total. The minimum absolute atomic E-state index is 0.149. The summed E-state index contributed by atoms with van der Waals surface area (Å²) >= 11 is 0. The summed E-state index contributed by atoms with van der Waals surface area (Å²) in [4.78, 5) is 16.2. The summed E-state index contributed by atoms with van der Waals surface area (Å²) in [5.41, 5.74) is 1.05. The van der Waals surface area contributed by atoms with Gasteiger partial charge in [0.05, 0.1) is 12.1 Å². The first-order chi connectivity index (χ1) is 15.2. The molecule has 2 heterocycles. The highest BCUT2D eigenvalue weighted by Gasteiger charge is 2.11. The van der Waals surface area contributed by atoms with Gasteiger partial charge in [0.1, 0.15) is 42.3 Å². The van der Waals surface area contributed by atoms with Gasteiger partial charge in [0, 0.05) is 24.6 Å². The number of ether oxygens (including phenoxy) is 1. The highest BCUT2D eigenvalue weighted by atomic mass is 19.1. The van der Waals surface area contributed by atoms with Gasteiger partial charge in [-0.2, -0.15) is 5.10 Å². The van der Waals surface area contributed by atoms with E-state index in [1.165, 1.54) is 12.4 Å². The second kappa shape index (κ2) is 9.71. The molecule has 0 aliphatic carbocycles. The molecule has 158 valence electrons. The van der Waals surface area contributed by atoms with E-state index in [2.05, 4.69) is 15.4 Å². The molecule has 0 radical (unpaired) electrons. The van der Waals surface area contributed by atoms with Crippen molar-refractivity contribution in [3.63, 3.8) is 0 Å². The minimum atomic E-state index is -0.343. The Bertz CT molecular complexity index is 1140. The van der Waals surface area contributed by atoms with Gasteiger partial charge in [-0.15, -0.1) is 0 Å². The number of nitrogens with zero attached hydrogens (tertiary/aromatic N) is 3. The third-order valence-corrected chi connectivity index (χ3v) is 4.57. The van der Waals surface area contributed by atoms with Crippen LogP contribution in [0.15, 0.2) is 77.7 Å². The summed E-state index contributed by atoms with van der Waals surface area (Å²) in [6.07, 6.45) is 3.74. The van der Waals surface area contributed by atoms with Crippen LogP contribution in [0.2, 0.25) is 0 Å². The van der Waals surface area contributed by atoms with Gasteiger partial charge in [-0.25, -0.2) is 14.1 Å². The molecular weight excluding hydrogens is 399 g/mol. The van der Waals surface area contributed by atoms with Crippen molar-refractivity contribution in [2.75, 3.05) is 11.9 Å². The van der Waals surface area contributed by atoms with E-state index >= 15 is 0 Å². The largest absolute Gasteiger partial charge is 0.492 e. The topological polar surface area (TPSA) is 82.2 Å². The number of carbonyl (C=O) groups is 1. The SMILES string of the molecule is O=C(CCc1ccc(-c2ccccc2F)o1)Nc1cccc(OCCn2cncn2)c1. The molecule has 1 amide bonds. The monoisotopic (exact) mass is 420 g/mol. The van der Waals surface area contributed by atoms with E-state index in [0.717, 1.165) is 0 Å². The van der Waals surface area contributed by atoms with Crippen molar-refractivity contribution in [3.05, 3.63) is 84.9 Å². The molecule has 2 aromatic carbocycles. The van der Waals surface area contributed by atoms with E-state index in [9.17, 15) is 9.18 Å². The van der Waals surface area contributed by atoms with Crippen LogP contribution in [0.1, 0.15) is 12.2 Å². The maximum absolute atomic E-state index is 13.9. The molecule has 0 aliphatic heterocycles.